The van der Waals surface area contributed by atoms with E-state index in [-0.39, 0.29) is 23.7 Å². The molecule has 9 nitrogen and oxygen atoms in total. The van der Waals surface area contributed by atoms with E-state index in [1.54, 1.807) is 10.9 Å². The summed E-state index contributed by atoms with van der Waals surface area (Å²) in [6.07, 6.45) is 6.41. The highest BCUT2D eigenvalue weighted by molar-refractivity contribution is 5.86. The molecule has 3 heterocycles. The molecule has 0 spiro atoms. The number of hydrogen-bond donors (Lipinski definition) is 0. The van der Waals surface area contributed by atoms with Gasteiger partial charge in [-0.3, -0.25) is 9.69 Å². The molecule has 0 unspecified atom stereocenters. The van der Waals surface area contributed by atoms with Crippen LogP contribution in [0.1, 0.15) is 28.5 Å². The van der Waals surface area contributed by atoms with Gasteiger partial charge in [-0.1, -0.05) is 65.9 Å². The number of nitrogens with zero attached hydrogens (tertiary/aromatic N) is 6. The number of likely N-dealkylation sites (tertiary alicyclic amines) is 1. The largest absolute Gasteiger partial charge is 0.464 e. The SMILES string of the molecule is COC(=O)c1cn([C@@H]2C[C@@H](C(=O)N3CCN(c4ccccc4)CC3)N(CC=Cc3ccccc3)C2)nn1. The fourth-order valence-electron chi connectivity index (χ4n) is 5.11. The Morgan fingerprint density at radius 3 is 2.41 bits per heavy atom. The summed E-state index contributed by atoms with van der Waals surface area (Å²) in [6.45, 7) is 4.29. The van der Waals surface area contributed by atoms with Crippen molar-refractivity contribution in [1.82, 2.24) is 24.8 Å². The van der Waals surface area contributed by atoms with Crippen LogP contribution in [0.5, 0.6) is 0 Å². The summed E-state index contributed by atoms with van der Waals surface area (Å²) in [5.41, 5.74) is 2.48. The highest BCUT2D eigenvalue weighted by Crippen LogP contribution is 2.29. The van der Waals surface area contributed by atoms with Gasteiger partial charge in [0.25, 0.3) is 0 Å². The highest BCUT2D eigenvalue weighted by Gasteiger charge is 2.40. The minimum Gasteiger partial charge on any atom is -0.464 e. The topological polar surface area (TPSA) is 83.8 Å². The Kier molecular flexibility index (Phi) is 7.60. The molecule has 3 aromatic rings. The number of benzene rings is 2. The molecule has 2 aliphatic rings. The third-order valence-electron chi connectivity index (χ3n) is 7.11. The lowest BCUT2D eigenvalue weighted by Crippen LogP contribution is -2.53. The van der Waals surface area contributed by atoms with Gasteiger partial charge < -0.3 is 14.5 Å². The van der Waals surface area contributed by atoms with Crippen molar-refractivity contribution in [3.63, 3.8) is 0 Å². The summed E-state index contributed by atoms with van der Waals surface area (Å²) in [7, 11) is 1.32. The van der Waals surface area contributed by atoms with E-state index >= 15 is 0 Å². The van der Waals surface area contributed by atoms with Gasteiger partial charge in [0.15, 0.2) is 5.69 Å². The van der Waals surface area contributed by atoms with E-state index in [1.165, 1.54) is 12.8 Å². The van der Waals surface area contributed by atoms with Crippen LogP contribution in [0.4, 0.5) is 5.69 Å². The van der Waals surface area contributed by atoms with Crippen molar-refractivity contribution in [1.29, 1.82) is 0 Å². The Bertz CT molecular complexity index is 1220. The third kappa shape index (κ3) is 5.72. The van der Waals surface area contributed by atoms with Gasteiger partial charge >= 0.3 is 5.97 Å². The van der Waals surface area contributed by atoms with Crippen molar-refractivity contribution in [2.75, 3.05) is 51.3 Å². The maximum absolute atomic E-state index is 13.7. The summed E-state index contributed by atoms with van der Waals surface area (Å²) in [6, 6.07) is 20.1. The van der Waals surface area contributed by atoms with Crippen LogP contribution in [0.25, 0.3) is 6.08 Å². The van der Waals surface area contributed by atoms with Crippen LogP contribution in [-0.2, 0) is 9.53 Å². The molecule has 9 heteroatoms. The number of amides is 1. The molecule has 2 fully saturated rings. The first-order chi connectivity index (χ1) is 18.1. The summed E-state index contributed by atoms with van der Waals surface area (Å²) >= 11 is 0. The Morgan fingerprint density at radius 2 is 1.70 bits per heavy atom. The molecule has 0 radical (unpaired) electrons. The van der Waals surface area contributed by atoms with E-state index in [2.05, 4.69) is 56.5 Å². The van der Waals surface area contributed by atoms with Crippen LogP contribution in [0.2, 0.25) is 0 Å². The molecule has 2 aromatic carbocycles. The van der Waals surface area contributed by atoms with Crippen LogP contribution in [0.15, 0.2) is 72.9 Å². The molecule has 2 saturated heterocycles. The summed E-state index contributed by atoms with van der Waals surface area (Å²) in [5, 5.41) is 8.13. The van der Waals surface area contributed by atoms with Crippen molar-refractivity contribution < 1.29 is 14.3 Å². The van der Waals surface area contributed by atoms with Crippen molar-refractivity contribution in [2.24, 2.45) is 0 Å². The Morgan fingerprint density at radius 1 is 1.00 bits per heavy atom. The molecule has 2 atom stereocenters. The zero-order valence-corrected chi connectivity index (χ0v) is 21.0. The Hall–Kier alpha value is -3.98. The lowest BCUT2D eigenvalue weighted by atomic mass is 10.1. The van der Waals surface area contributed by atoms with Gasteiger partial charge in [-0.2, -0.15) is 0 Å². The molecule has 2 aliphatic heterocycles. The summed E-state index contributed by atoms with van der Waals surface area (Å²) in [4.78, 5) is 32.1. The number of methoxy groups -OCH3 is 1. The van der Waals surface area contributed by atoms with E-state index < -0.39 is 5.97 Å². The fraction of sp³-hybridized carbons (Fsp3) is 0.357. The second-order valence-corrected chi connectivity index (χ2v) is 9.40. The lowest BCUT2D eigenvalue weighted by molar-refractivity contribution is -0.136. The number of carbonyl (C=O) groups is 2. The zero-order chi connectivity index (χ0) is 25.6. The van der Waals surface area contributed by atoms with Crippen molar-refractivity contribution in [3.05, 3.63) is 84.2 Å². The number of para-hydroxylation sites is 1. The maximum atomic E-state index is 13.7. The summed E-state index contributed by atoms with van der Waals surface area (Å²) in [5.74, 6) is -0.368. The van der Waals surface area contributed by atoms with Gasteiger partial charge in [0.2, 0.25) is 5.91 Å². The van der Waals surface area contributed by atoms with E-state index in [0.717, 1.165) is 18.7 Å². The third-order valence-corrected chi connectivity index (χ3v) is 7.11. The minimum absolute atomic E-state index is 0.0596. The number of anilines is 1. The molecule has 37 heavy (non-hydrogen) atoms. The second-order valence-electron chi connectivity index (χ2n) is 9.40. The predicted molar refractivity (Wildman–Crippen MR) is 141 cm³/mol. The zero-order valence-electron chi connectivity index (χ0n) is 21.0. The van der Waals surface area contributed by atoms with Crippen molar-refractivity contribution in [3.8, 4) is 0 Å². The van der Waals surface area contributed by atoms with Crippen LogP contribution < -0.4 is 4.90 Å². The number of rotatable bonds is 7. The van der Waals surface area contributed by atoms with E-state index in [4.69, 9.17) is 4.74 Å². The van der Waals surface area contributed by atoms with Crippen molar-refractivity contribution in [2.45, 2.75) is 18.5 Å². The second kappa shape index (κ2) is 11.4. The van der Waals surface area contributed by atoms with E-state index in [1.807, 2.05) is 41.3 Å². The molecular formula is C28H32N6O3. The van der Waals surface area contributed by atoms with Gasteiger partial charge in [-0.15, -0.1) is 5.10 Å². The smallest absolute Gasteiger partial charge is 0.360 e. The molecule has 192 valence electrons. The van der Waals surface area contributed by atoms with Gasteiger partial charge in [-0.25, -0.2) is 9.48 Å². The van der Waals surface area contributed by atoms with E-state index in [9.17, 15) is 9.59 Å². The quantitative estimate of drug-likeness (QED) is 0.461. The highest BCUT2D eigenvalue weighted by atomic mass is 16.5. The van der Waals surface area contributed by atoms with Crippen LogP contribution in [0.3, 0.4) is 0 Å². The van der Waals surface area contributed by atoms with Crippen LogP contribution in [0, 0.1) is 0 Å². The van der Waals surface area contributed by atoms with Gasteiger partial charge in [0, 0.05) is 45.0 Å². The average molecular weight is 501 g/mol. The fourth-order valence-corrected chi connectivity index (χ4v) is 5.11. The average Bonchev–Trinajstić information content (AvgIpc) is 3.61. The molecular weight excluding hydrogens is 468 g/mol. The van der Waals surface area contributed by atoms with Crippen LogP contribution >= 0.6 is 0 Å². The molecule has 0 N–H and O–H groups in total. The van der Waals surface area contributed by atoms with E-state index in [0.29, 0.717) is 32.6 Å². The molecule has 1 amide bonds. The molecule has 5 rings (SSSR count). The molecule has 0 aliphatic carbocycles. The Labute approximate surface area is 216 Å². The first-order valence-corrected chi connectivity index (χ1v) is 12.7. The monoisotopic (exact) mass is 500 g/mol. The molecule has 0 bridgehead atoms. The van der Waals surface area contributed by atoms with Gasteiger partial charge in [0.05, 0.1) is 25.4 Å². The standard InChI is InChI=1S/C28H32N6O3/c1-37-28(36)25-21-34(30-29-25)24-19-26(33(20-24)14-8-11-22-9-4-2-5-10-22)27(35)32-17-15-31(16-18-32)23-12-6-3-7-13-23/h2-13,21,24,26H,14-20H2,1H3/t24-,26+/m1/s1. The first-order valence-electron chi connectivity index (χ1n) is 12.7. The number of ether oxygens (including phenoxy) is 1. The molecule has 1 aromatic heterocycles. The predicted octanol–water partition coefficient (Wildman–Crippen LogP) is 2.74. The Balaban J connectivity index is 1.28. The summed E-state index contributed by atoms with van der Waals surface area (Å²) < 4.78 is 6.46. The maximum Gasteiger partial charge on any atom is 0.360 e. The number of piperazine rings is 1. The number of esters is 1. The van der Waals surface area contributed by atoms with Gasteiger partial charge in [0.1, 0.15) is 0 Å². The molecule has 0 saturated carbocycles. The minimum atomic E-state index is -0.518. The van der Waals surface area contributed by atoms with Crippen molar-refractivity contribution >= 4 is 23.6 Å². The normalized spacial score (nSPS) is 20.5. The first kappa shape index (κ1) is 24.7. The van der Waals surface area contributed by atoms with Gasteiger partial charge in [-0.05, 0) is 24.1 Å². The van der Waals surface area contributed by atoms with Crippen LogP contribution in [-0.4, -0.2) is 89.1 Å². The lowest BCUT2D eigenvalue weighted by Gasteiger charge is -2.38. The number of aromatic nitrogens is 3. The number of hydrogen-bond acceptors (Lipinski definition) is 7. The number of carbonyl (C=O) groups excluding carboxylic acids is 2.